The van der Waals surface area contributed by atoms with Crippen molar-refractivity contribution in [1.82, 2.24) is 4.72 Å². The zero-order chi connectivity index (χ0) is 14.3. The van der Waals surface area contributed by atoms with Crippen LogP contribution in [0.25, 0.3) is 0 Å². The maximum absolute atomic E-state index is 11.9. The van der Waals surface area contributed by atoms with Crippen molar-refractivity contribution < 1.29 is 23.1 Å². The molecule has 0 radical (unpaired) electrons. The fraction of sp³-hybridized carbons (Fsp3) is 0.909. The Kier molecular flexibility index (Phi) is 7.42. The maximum atomic E-state index is 11.9. The van der Waals surface area contributed by atoms with Gasteiger partial charge in [0.15, 0.2) is 0 Å². The normalized spacial score (nSPS) is 15.6. The van der Waals surface area contributed by atoms with E-state index in [4.69, 9.17) is 9.84 Å². The number of aliphatic carboxylic acids is 1. The molecule has 0 fully saturated rings. The van der Waals surface area contributed by atoms with Crippen LogP contribution in [0.4, 0.5) is 0 Å². The average Bonchev–Trinajstić information content (AvgIpc) is 2.23. The van der Waals surface area contributed by atoms with E-state index in [1.807, 2.05) is 13.8 Å². The van der Waals surface area contributed by atoms with Crippen LogP contribution in [-0.2, 0) is 19.6 Å². The summed E-state index contributed by atoms with van der Waals surface area (Å²) in [7, 11) is -2.14. The minimum atomic E-state index is -3.63. The predicted octanol–water partition coefficient (Wildman–Crippen LogP) is 0.830. The molecule has 6 nitrogen and oxygen atoms in total. The standard InChI is InChI=1S/C11H23NO5S/c1-8(2)7-10(11(13)14)12-18(15,16)9(3)5-6-17-4/h8-10,12H,5-7H2,1-4H3,(H,13,14)/t9?,10-/m1/s1. The molecule has 18 heavy (non-hydrogen) atoms. The SMILES string of the molecule is COCCC(C)S(=O)(=O)N[C@H](CC(C)C)C(=O)O. The molecule has 0 heterocycles. The molecule has 1 unspecified atom stereocenters. The molecule has 0 aliphatic rings. The fourth-order valence-corrected chi connectivity index (χ4v) is 2.66. The third-order valence-corrected chi connectivity index (χ3v) is 4.48. The molecule has 0 aromatic heterocycles. The zero-order valence-electron chi connectivity index (χ0n) is 11.3. The van der Waals surface area contributed by atoms with Crippen molar-refractivity contribution >= 4 is 16.0 Å². The zero-order valence-corrected chi connectivity index (χ0v) is 12.2. The van der Waals surface area contributed by atoms with Crippen LogP contribution >= 0.6 is 0 Å². The molecule has 0 aromatic rings. The van der Waals surface area contributed by atoms with Gasteiger partial charge in [0, 0.05) is 13.7 Å². The van der Waals surface area contributed by atoms with Gasteiger partial charge in [-0.05, 0) is 25.7 Å². The van der Waals surface area contributed by atoms with Crippen molar-refractivity contribution in [3.8, 4) is 0 Å². The summed E-state index contributed by atoms with van der Waals surface area (Å²) in [4.78, 5) is 11.0. The predicted molar refractivity (Wildman–Crippen MR) is 68.9 cm³/mol. The second-order valence-corrected chi connectivity index (χ2v) is 6.91. The van der Waals surface area contributed by atoms with Gasteiger partial charge in [-0.1, -0.05) is 13.8 Å². The molecule has 108 valence electrons. The molecule has 0 aliphatic carbocycles. The van der Waals surface area contributed by atoms with Gasteiger partial charge in [0.25, 0.3) is 0 Å². The van der Waals surface area contributed by atoms with Crippen molar-refractivity contribution in [2.45, 2.75) is 44.9 Å². The lowest BCUT2D eigenvalue weighted by Crippen LogP contribution is -2.45. The first-order valence-corrected chi connectivity index (χ1v) is 7.48. The number of sulfonamides is 1. The summed E-state index contributed by atoms with van der Waals surface area (Å²) in [6.07, 6.45) is 0.603. The Labute approximate surface area is 109 Å². The van der Waals surface area contributed by atoms with Crippen molar-refractivity contribution in [1.29, 1.82) is 0 Å². The highest BCUT2D eigenvalue weighted by Crippen LogP contribution is 2.10. The van der Waals surface area contributed by atoms with Crippen LogP contribution in [0.15, 0.2) is 0 Å². The van der Waals surface area contributed by atoms with Crippen LogP contribution in [0.3, 0.4) is 0 Å². The first kappa shape index (κ1) is 17.3. The lowest BCUT2D eigenvalue weighted by Gasteiger charge is -2.19. The maximum Gasteiger partial charge on any atom is 0.321 e. The Balaban J connectivity index is 4.64. The Bertz CT molecular complexity index is 352. The summed E-state index contributed by atoms with van der Waals surface area (Å²) >= 11 is 0. The lowest BCUT2D eigenvalue weighted by molar-refractivity contribution is -0.139. The summed E-state index contributed by atoms with van der Waals surface area (Å²) in [5.41, 5.74) is 0. The Morgan fingerprint density at radius 2 is 1.89 bits per heavy atom. The van der Waals surface area contributed by atoms with Gasteiger partial charge in [-0.15, -0.1) is 0 Å². The average molecular weight is 281 g/mol. The van der Waals surface area contributed by atoms with Crippen LogP contribution in [-0.4, -0.2) is 44.5 Å². The van der Waals surface area contributed by atoms with E-state index in [-0.39, 0.29) is 12.3 Å². The molecular weight excluding hydrogens is 258 g/mol. The third kappa shape index (κ3) is 6.32. The van der Waals surface area contributed by atoms with E-state index < -0.39 is 27.3 Å². The molecule has 0 rings (SSSR count). The molecule has 0 amide bonds. The summed E-state index contributed by atoms with van der Waals surface area (Å²) in [6.45, 7) is 5.55. The fourth-order valence-electron chi connectivity index (χ4n) is 1.42. The number of carboxylic acid groups (broad SMARTS) is 1. The number of hydrogen-bond donors (Lipinski definition) is 2. The highest BCUT2D eigenvalue weighted by atomic mass is 32.2. The quantitative estimate of drug-likeness (QED) is 0.653. The monoisotopic (exact) mass is 281 g/mol. The van der Waals surface area contributed by atoms with E-state index in [1.165, 1.54) is 14.0 Å². The number of nitrogens with one attached hydrogen (secondary N) is 1. The summed E-state index contributed by atoms with van der Waals surface area (Å²) in [6, 6.07) is -1.07. The minimum Gasteiger partial charge on any atom is -0.480 e. The third-order valence-electron chi connectivity index (χ3n) is 2.57. The van der Waals surface area contributed by atoms with E-state index in [2.05, 4.69) is 4.72 Å². The number of carboxylic acids is 1. The molecule has 0 aromatic carbocycles. The van der Waals surface area contributed by atoms with Crippen LogP contribution in [0.1, 0.15) is 33.6 Å². The number of rotatable bonds is 9. The van der Waals surface area contributed by atoms with Gasteiger partial charge in [-0.25, -0.2) is 13.1 Å². The highest BCUT2D eigenvalue weighted by Gasteiger charge is 2.28. The molecule has 7 heteroatoms. The Hall–Kier alpha value is -0.660. The first-order valence-electron chi connectivity index (χ1n) is 5.93. The second-order valence-electron chi connectivity index (χ2n) is 4.78. The van der Waals surface area contributed by atoms with E-state index in [0.717, 1.165) is 0 Å². The van der Waals surface area contributed by atoms with E-state index in [1.54, 1.807) is 0 Å². The smallest absolute Gasteiger partial charge is 0.321 e. The van der Waals surface area contributed by atoms with Gasteiger partial charge < -0.3 is 9.84 Å². The Morgan fingerprint density at radius 3 is 2.28 bits per heavy atom. The van der Waals surface area contributed by atoms with Gasteiger partial charge >= 0.3 is 5.97 Å². The number of carbonyl (C=O) groups is 1. The second kappa shape index (κ2) is 7.70. The largest absolute Gasteiger partial charge is 0.480 e. The highest BCUT2D eigenvalue weighted by molar-refractivity contribution is 7.90. The topological polar surface area (TPSA) is 92.7 Å². The lowest BCUT2D eigenvalue weighted by atomic mass is 10.1. The van der Waals surface area contributed by atoms with Crippen LogP contribution in [0.2, 0.25) is 0 Å². The van der Waals surface area contributed by atoms with E-state index >= 15 is 0 Å². The van der Waals surface area contributed by atoms with Crippen molar-refractivity contribution in [3.63, 3.8) is 0 Å². The van der Waals surface area contributed by atoms with Crippen molar-refractivity contribution in [3.05, 3.63) is 0 Å². The van der Waals surface area contributed by atoms with E-state index in [0.29, 0.717) is 13.0 Å². The van der Waals surface area contributed by atoms with Crippen LogP contribution in [0.5, 0.6) is 0 Å². The molecule has 0 saturated heterocycles. The molecule has 0 saturated carbocycles. The van der Waals surface area contributed by atoms with Crippen molar-refractivity contribution in [2.24, 2.45) is 5.92 Å². The molecule has 2 atom stereocenters. The van der Waals surface area contributed by atoms with Crippen molar-refractivity contribution in [2.75, 3.05) is 13.7 Å². The Morgan fingerprint density at radius 1 is 1.33 bits per heavy atom. The summed E-state index contributed by atoms with van der Waals surface area (Å²) < 4.78 is 30.9. The first-order chi connectivity index (χ1) is 8.20. The van der Waals surface area contributed by atoms with Crippen LogP contribution < -0.4 is 4.72 Å². The van der Waals surface area contributed by atoms with Gasteiger partial charge in [-0.2, -0.15) is 0 Å². The molecular formula is C11H23NO5S. The van der Waals surface area contributed by atoms with Gasteiger partial charge in [0.05, 0.1) is 5.25 Å². The summed E-state index contributed by atoms with van der Waals surface area (Å²) in [5, 5.41) is 8.32. The molecule has 0 aliphatic heterocycles. The minimum absolute atomic E-state index is 0.100. The van der Waals surface area contributed by atoms with Gasteiger partial charge in [0.2, 0.25) is 10.0 Å². The number of hydrogen-bond acceptors (Lipinski definition) is 4. The molecule has 2 N–H and O–H groups in total. The molecule has 0 bridgehead atoms. The number of methoxy groups -OCH3 is 1. The van der Waals surface area contributed by atoms with Gasteiger partial charge in [-0.3, -0.25) is 4.79 Å². The number of ether oxygens (including phenoxy) is 1. The summed E-state index contributed by atoms with van der Waals surface area (Å²) in [5.74, 6) is -1.05. The molecule has 0 spiro atoms. The van der Waals surface area contributed by atoms with Crippen LogP contribution in [0, 0.1) is 5.92 Å². The van der Waals surface area contributed by atoms with E-state index in [9.17, 15) is 13.2 Å². The van der Waals surface area contributed by atoms with Gasteiger partial charge in [0.1, 0.15) is 6.04 Å².